The van der Waals surface area contributed by atoms with Crippen LogP contribution in [-0.4, -0.2) is 56.3 Å². The number of carbonyl (C=O) groups excluding carboxylic acids is 1. The quantitative estimate of drug-likeness (QED) is 0.778. The van der Waals surface area contributed by atoms with Crippen molar-refractivity contribution in [2.24, 2.45) is 0 Å². The average Bonchev–Trinajstić information content (AvgIpc) is 2.57. The van der Waals surface area contributed by atoms with Gasteiger partial charge in [-0.3, -0.25) is 4.79 Å². The summed E-state index contributed by atoms with van der Waals surface area (Å²) < 4.78 is 45.6. The molecule has 1 aromatic rings. The molecule has 1 aliphatic rings. The minimum Gasteiger partial charge on any atom is -0.491 e. The van der Waals surface area contributed by atoms with Gasteiger partial charge in [-0.15, -0.1) is 0 Å². The summed E-state index contributed by atoms with van der Waals surface area (Å²) in [7, 11) is -3.78. The Morgan fingerprint density at radius 3 is 2.42 bits per heavy atom. The molecule has 1 amide bonds. The molecule has 1 fully saturated rings. The molecule has 2 rings (SSSR count). The van der Waals surface area contributed by atoms with Crippen molar-refractivity contribution in [2.75, 3.05) is 32.8 Å². The summed E-state index contributed by atoms with van der Waals surface area (Å²) in [6.07, 6.45) is 1.24. The lowest BCUT2D eigenvalue weighted by atomic mass is 10.2. The maximum atomic E-state index is 13.9. The number of ether oxygens (including phenoxy) is 1. The standard InChI is InChI=1S/C16H23FN2O4S/c1-3-5-16(20)18-8-10-19(11-9-18)24(21,22)13-6-7-15(23-4-2)14(17)12-13/h6-7,12H,3-5,8-11H2,1-2H3. The highest BCUT2D eigenvalue weighted by Gasteiger charge is 2.30. The number of hydrogen-bond donors (Lipinski definition) is 0. The number of piperazine rings is 1. The van der Waals surface area contributed by atoms with Crippen LogP contribution in [-0.2, 0) is 14.8 Å². The first-order valence-corrected chi connectivity index (χ1v) is 9.54. The zero-order chi connectivity index (χ0) is 17.7. The fourth-order valence-corrected chi connectivity index (χ4v) is 4.05. The second-order valence-corrected chi connectivity index (χ2v) is 7.50. The molecule has 24 heavy (non-hydrogen) atoms. The zero-order valence-electron chi connectivity index (χ0n) is 14.0. The molecule has 0 aromatic heterocycles. The van der Waals surface area contributed by atoms with E-state index in [0.29, 0.717) is 26.1 Å². The summed E-state index contributed by atoms with van der Waals surface area (Å²) in [4.78, 5) is 13.4. The van der Waals surface area contributed by atoms with Gasteiger partial charge in [-0.2, -0.15) is 4.31 Å². The molecule has 6 nitrogen and oxygen atoms in total. The summed E-state index contributed by atoms with van der Waals surface area (Å²) >= 11 is 0. The van der Waals surface area contributed by atoms with Crippen LogP contribution >= 0.6 is 0 Å². The van der Waals surface area contributed by atoms with Gasteiger partial charge in [0.2, 0.25) is 15.9 Å². The molecule has 0 bridgehead atoms. The fraction of sp³-hybridized carbons (Fsp3) is 0.562. The second kappa shape index (κ2) is 7.94. The van der Waals surface area contributed by atoms with Gasteiger partial charge in [0.05, 0.1) is 11.5 Å². The third kappa shape index (κ3) is 4.05. The van der Waals surface area contributed by atoms with Gasteiger partial charge in [0.15, 0.2) is 11.6 Å². The van der Waals surface area contributed by atoms with Crippen molar-refractivity contribution in [3.8, 4) is 5.75 Å². The van der Waals surface area contributed by atoms with Crippen molar-refractivity contribution in [3.05, 3.63) is 24.0 Å². The number of hydrogen-bond acceptors (Lipinski definition) is 4. The first kappa shape index (κ1) is 18.7. The first-order chi connectivity index (χ1) is 11.4. The highest BCUT2D eigenvalue weighted by atomic mass is 32.2. The van der Waals surface area contributed by atoms with E-state index in [1.807, 2.05) is 6.92 Å². The molecule has 0 N–H and O–H groups in total. The van der Waals surface area contributed by atoms with Crippen molar-refractivity contribution in [3.63, 3.8) is 0 Å². The largest absolute Gasteiger partial charge is 0.491 e. The van der Waals surface area contributed by atoms with Gasteiger partial charge in [0.1, 0.15) is 0 Å². The fourth-order valence-electron chi connectivity index (χ4n) is 2.61. The van der Waals surface area contributed by atoms with E-state index in [0.717, 1.165) is 12.5 Å². The van der Waals surface area contributed by atoms with E-state index in [9.17, 15) is 17.6 Å². The predicted molar refractivity (Wildman–Crippen MR) is 87.8 cm³/mol. The summed E-state index contributed by atoms with van der Waals surface area (Å²) in [5.74, 6) is -0.622. The SMILES string of the molecule is CCCC(=O)N1CCN(S(=O)(=O)c2ccc(OCC)c(F)c2)CC1. The lowest BCUT2D eigenvalue weighted by Gasteiger charge is -2.34. The molecule has 134 valence electrons. The molecule has 1 aliphatic heterocycles. The van der Waals surface area contributed by atoms with Gasteiger partial charge in [-0.1, -0.05) is 6.92 Å². The summed E-state index contributed by atoms with van der Waals surface area (Å²) in [5.41, 5.74) is 0. The normalized spacial score (nSPS) is 16.2. The Hall–Kier alpha value is -1.67. The number of amides is 1. The van der Waals surface area contributed by atoms with Crippen LogP contribution in [0.4, 0.5) is 4.39 Å². The van der Waals surface area contributed by atoms with Crippen LogP contribution in [0.3, 0.4) is 0 Å². The van der Waals surface area contributed by atoms with E-state index in [4.69, 9.17) is 4.74 Å². The van der Waals surface area contributed by atoms with Crippen LogP contribution in [0.2, 0.25) is 0 Å². The van der Waals surface area contributed by atoms with Gasteiger partial charge in [-0.05, 0) is 31.5 Å². The van der Waals surface area contributed by atoms with E-state index in [1.54, 1.807) is 11.8 Å². The van der Waals surface area contributed by atoms with Crippen molar-refractivity contribution in [1.29, 1.82) is 0 Å². The van der Waals surface area contributed by atoms with Crippen LogP contribution in [0.5, 0.6) is 5.75 Å². The average molecular weight is 358 g/mol. The highest BCUT2D eigenvalue weighted by molar-refractivity contribution is 7.89. The Bertz CT molecular complexity index is 685. The zero-order valence-corrected chi connectivity index (χ0v) is 14.8. The Balaban J connectivity index is 2.09. The molecule has 1 saturated heterocycles. The van der Waals surface area contributed by atoms with Gasteiger partial charge >= 0.3 is 0 Å². The number of halogens is 1. The van der Waals surface area contributed by atoms with Crippen molar-refractivity contribution in [1.82, 2.24) is 9.21 Å². The molecule has 0 saturated carbocycles. The van der Waals surface area contributed by atoms with Crippen LogP contribution in [0.1, 0.15) is 26.7 Å². The highest BCUT2D eigenvalue weighted by Crippen LogP contribution is 2.24. The van der Waals surface area contributed by atoms with Crippen molar-refractivity contribution in [2.45, 2.75) is 31.6 Å². The number of carbonyl (C=O) groups is 1. The van der Waals surface area contributed by atoms with Crippen LogP contribution in [0.15, 0.2) is 23.1 Å². The number of nitrogens with zero attached hydrogens (tertiary/aromatic N) is 2. The topological polar surface area (TPSA) is 66.9 Å². The molecule has 8 heteroatoms. The van der Waals surface area contributed by atoms with E-state index < -0.39 is 15.8 Å². The van der Waals surface area contributed by atoms with Crippen LogP contribution in [0.25, 0.3) is 0 Å². The minimum absolute atomic E-state index is 0.0337. The minimum atomic E-state index is -3.78. The molecule has 0 unspecified atom stereocenters. The molecule has 0 spiro atoms. The lowest BCUT2D eigenvalue weighted by molar-refractivity contribution is -0.132. The van der Waals surface area contributed by atoms with Gasteiger partial charge < -0.3 is 9.64 Å². The van der Waals surface area contributed by atoms with Gasteiger partial charge in [0, 0.05) is 32.6 Å². The van der Waals surface area contributed by atoms with Crippen LogP contribution < -0.4 is 4.74 Å². The smallest absolute Gasteiger partial charge is 0.243 e. The molecular formula is C16H23FN2O4S. The van der Waals surface area contributed by atoms with Crippen molar-refractivity contribution >= 4 is 15.9 Å². The van der Waals surface area contributed by atoms with E-state index >= 15 is 0 Å². The Kier molecular flexibility index (Phi) is 6.17. The Morgan fingerprint density at radius 2 is 1.88 bits per heavy atom. The van der Waals surface area contributed by atoms with E-state index in [-0.39, 0.29) is 29.6 Å². The maximum Gasteiger partial charge on any atom is 0.243 e. The maximum absolute atomic E-state index is 13.9. The van der Waals surface area contributed by atoms with Crippen LogP contribution in [0, 0.1) is 5.82 Å². The molecule has 1 heterocycles. The monoisotopic (exact) mass is 358 g/mol. The molecule has 1 aromatic carbocycles. The number of benzene rings is 1. The molecule has 0 aliphatic carbocycles. The van der Waals surface area contributed by atoms with Crippen molar-refractivity contribution < 1.29 is 22.3 Å². The first-order valence-electron chi connectivity index (χ1n) is 8.10. The predicted octanol–water partition coefficient (Wildman–Crippen LogP) is 1.86. The Labute approximate surface area is 142 Å². The molecule has 0 radical (unpaired) electrons. The molecular weight excluding hydrogens is 335 g/mol. The van der Waals surface area contributed by atoms with E-state index in [1.165, 1.54) is 16.4 Å². The second-order valence-electron chi connectivity index (χ2n) is 5.56. The summed E-state index contributed by atoms with van der Waals surface area (Å²) in [6, 6.07) is 3.65. The van der Waals surface area contributed by atoms with Gasteiger partial charge in [0.25, 0.3) is 0 Å². The lowest BCUT2D eigenvalue weighted by Crippen LogP contribution is -2.50. The summed E-state index contributed by atoms with van der Waals surface area (Å²) in [5, 5.41) is 0. The van der Waals surface area contributed by atoms with Gasteiger partial charge in [-0.25, -0.2) is 12.8 Å². The molecule has 0 atom stereocenters. The Morgan fingerprint density at radius 1 is 1.21 bits per heavy atom. The third-order valence-electron chi connectivity index (χ3n) is 3.90. The third-order valence-corrected chi connectivity index (χ3v) is 5.79. The van der Waals surface area contributed by atoms with E-state index in [2.05, 4.69) is 0 Å². The number of rotatable bonds is 6. The summed E-state index contributed by atoms with van der Waals surface area (Å²) in [6.45, 7) is 5.10. The number of sulfonamides is 1.